The van der Waals surface area contributed by atoms with Gasteiger partial charge in [-0.15, -0.1) is 0 Å². The van der Waals surface area contributed by atoms with Crippen LogP contribution < -0.4 is 31.1 Å². The molecule has 0 unspecified atom stereocenters. The zero-order valence-electron chi connectivity index (χ0n) is 32.5. The van der Waals surface area contributed by atoms with Gasteiger partial charge in [0.1, 0.15) is 11.2 Å². The highest BCUT2D eigenvalue weighted by Gasteiger charge is 2.72. The zero-order chi connectivity index (χ0) is 40.2. The number of benzene rings is 3. The summed E-state index contributed by atoms with van der Waals surface area (Å²) in [4.78, 5) is 59.6. The van der Waals surface area contributed by atoms with Gasteiger partial charge in [-0.3, -0.25) is 34.8 Å². The van der Waals surface area contributed by atoms with E-state index in [1.807, 2.05) is 30.3 Å². The lowest BCUT2D eigenvalue weighted by molar-refractivity contribution is -0.125. The topological polar surface area (TPSA) is 126 Å². The van der Waals surface area contributed by atoms with E-state index in [4.69, 9.17) is 23.2 Å². The van der Waals surface area contributed by atoms with E-state index in [9.17, 15) is 19.2 Å². The number of nitrogens with one attached hydrogen (secondary N) is 4. The van der Waals surface area contributed by atoms with Gasteiger partial charge in [0.25, 0.3) is 0 Å². The predicted molar refractivity (Wildman–Crippen MR) is 223 cm³/mol. The smallest absolute Gasteiger partial charge is 0.328 e. The summed E-state index contributed by atoms with van der Waals surface area (Å²) in [6, 6.07) is 17.0. The lowest BCUT2D eigenvalue weighted by Crippen LogP contribution is -2.60. The first kappa shape index (κ1) is 39.2. The molecule has 306 valence electrons. The van der Waals surface area contributed by atoms with Crippen LogP contribution in [0.15, 0.2) is 60.7 Å². The second-order valence-electron chi connectivity index (χ2n) is 17.1. The van der Waals surface area contributed by atoms with Crippen LogP contribution in [0.3, 0.4) is 0 Å². The van der Waals surface area contributed by atoms with Crippen LogP contribution in [0.5, 0.6) is 0 Å². The molecule has 4 aliphatic heterocycles. The minimum absolute atomic E-state index is 0.0194. The van der Waals surface area contributed by atoms with Gasteiger partial charge in [-0.2, -0.15) is 0 Å². The lowest BCUT2D eigenvalue weighted by Gasteiger charge is -2.47. The van der Waals surface area contributed by atoms with Gasteiger partial charge in [0.2, 0.25) is 17.7 Å². The number of amides is 5. The van der Waals surface area contributed by atoms with E-state index in [-0.39, 0.29) is 40.4 Å². The van der Waals surface area contributed by atoms with Crippen LogP contribution in [0.2, 0.25) is 10.0 Å². The fraction of sp³-hybridized carbons (Fsp3) is 0.500. The highest BCUT2D eigenvalue weighted by molar-refractivity contribution is 6.31. The molecule has 3 aromatic rings. The van der Waals surface area contributed by atoms with Crippen molar-refractivity contribution in [2.45, 2.75) is 93.2 Å². The number of carbonyl (C=O) groups is 4. The van der Waals surface area contributed by atoms with Gasteiger partial charge in [-0.1, -0.05) is 60.7 Å². The summed E-state index contributed by atoms with van der Waals surface area (Å²) in [5.41, 5.74) is 1.51. The Kier molecular flexibility index (Phi) is 10.7. The third-order valence-corrected chi connectivity index (χ3v) is 14.5. The molecular formula is C44H50Cl2FN7O4. The van der Waals surface area contributed by atoms with E-state index >= 15 is 4.39 Å². The molecular weight excluding hydrogens is 780 g/mol. The molecule has 5 fully saturated rings. The number of imide groups is 1. The summed E-state index contributed by atoms with van der Waals surface area (Å²) < 4.78 is 16.3. The molecule has 11 nitrogen and oxygen atoms in total. The van der Waals surface area contributed by atoms with Gasteiger partial charge in [-0.05, 0) is 98.0 Å². The average molecular weight is 831 g/mol. The quantitative estimate of drug-likeness (QED) is 0.208. The van der Waals surface area contributed by atoms with Crippen LogP contribution in [0, 0.1) is 11.7 Å². The number of piperazine rings is 1. The first-order valence-electron chi connectivity index (χ1n) is 20.9. The van der Waals surface area contributed by atoms with E-state index in [1.54, 1.807) is 29.2 Å². The molecule has 5 amide bonds. The molecule has 2 saturated carbocycles. The number of carbonyl (C=O) groups excluding carboxylic acids is 4. The minimum atomic E-state index is -1.25. The summed E-state index contributed by atoms with van der Waals surface area (Å²) in [5, 5.41) is 13.1. The SMILES string of the molecule is O=C1CCN(c2ccc(N3CCN(CC4CCC(NC(=O)[C@@H]5NC6(CCCCC6)[C@@]6(C(=O)Nc7cc(Cl)ccc76)[C@H]5c5cccc(Cl)c5F)CC4)CC3)cc2)C(=O)N1. The Hall–Kier alpha value is -4.23. The molecule has 58 heavy (non-hydrogen) atoms. The van der Waals surface area contributed by atoms with Crippen LogP contribution in [-0.4, -0.2) is 85.5 Å². The van der Waals surface area contributed by atoms with Crippen molar-refractivity contribution in [1.82, 2.24) is 20.9 Å². The van der Waals surface area contributed by atoms with Gasteiger partial charge >= 0.3 is 6.03 Å². The van der Waals surface area contributed by atoms with E-state index in [1.165, 1.54) is 6.07 Å². The maximum Gasteiger partial charge on any atom is 0.328 e. The number of nitrogens with zero attached hydrogens (tertiary/aromatic N) is 3. The summed E-state index contributed by atoms with van der Waals surface area (Å²) in [6.07, 6.45) is 8.17. The molecule has 2 aliphatic carbocycles. The highest BCUT2D eigenvalue weighted by atomic mass is 35.5. The zero-order valence-corrected chi connectivity index (χ0v) is 34.0. The van der Waals surface area contributed by atoms with Crippen molar-refractivity contribution in [1.29, 1.82) is 0 Å². The molecule has 9 rings (SSSR count). The molecule has 4 N–H and O–H groups in total. The van der Waals surface area contributed by atoms with Crippen LogP contribution >= 0.6 is 23.2 Å². The molecule has 6 aliphatic rings. The standard InChI is InChI=1S/C44H50Cl2FN7O4/c45-28-9-16-33-35(25-28)49-41(57)44(33)37(32-5-4-6-34(46)38(32)47)39(51-43(44)18-2-1-3-19-43)40(56)48-29-10-7-27(8-11-29)26-52-21-23-53(24-22-52)30-12-14-31(15-13-30)54-20-17-36(55)50-42(54)58/h4-6,9,12-16,25,27,29,37,39,51H,1-3,7-8,10-11,17-24,26H2,(H,48,56)(H,49,57)(H,50,55,58)/t27?,29?,37-,39+,44+/m0/s1. The van der Waals surface area contributed by atoms with Crippen LogP contribution in [0.1, 0.15) is 81.3 Å². The van der Waals surface area contributed by atoms with E-state index < -0.39 is 28.7 Å². The Bertz CT molecular complexity index is 2100. The van der Waals surface area contributed by atoms with Crippen molar-refractivity contribution in [3.05, 3.63) is 87.7 Å². The van der Waals surface area contributed by atoms with E-state index in [2.05, 4.69) is 31.1 Å². The summed E-state index contributed by atoms with van der Waals surface area (Å²) in [6.45, 7) is 5.12. The summed E-state index contributed by atoms with van der Waals surface area (Å²) >= 11 is 12.8. The van der Waals surface area contributed by atoms with Gasteiger partial charge in [-0.25, -0.2) is 9.18 Å². The van der Waals surface area contributed by atoms with Crippen molar-refractivity contribution in [3.63, 3.8) is 0 Å². The Balaban J connectivity index is 0.853. The molecule has 4 heterocycles. The molecule has 0 aromatic heterocycles. The third kappa shape index (κ3) is 6.83. The first-order valence-corrected chi connectivity index (χ1v) is 21.6. The number of rotatable bonds is 7. The monoisotopic (exact) mass is 829 g/mol. The fourth-order valence-electron chi connectivity index (χ4n) is 11.2. The number of anilines is 3. The van der Waals surface area contributed by atoms with E-state index in [0.717, 1.165) is 94.6 Å². The Labute approximate surface area is 348 Å². The minimum Gasteiger partial charge on any atom is -0.369 e. The van der Waals surface area contributed by atoms with Crippen LogP contribution in [0.25, 0.3) is 0 Å². The average Bonchev–Trinajstić information content (AvgIpc) is 3.67. The molecule has 2 spiro atoms. The Morgan fingerprint density at radius 3 is 2.29 bits per heavy atom. The lowest BCUT2D eigenvalue weighted by atomic mass is 9.55. The van der Waals surface area contributed by atoms with Gasteiger partial charge in [0.15, 0.2) is 0 Å². The van der Waals surface area contributed by atoms with Crippen molar-refractivity contribution in [2.24, 2.45) is 5.92 Å². The highest BCUT2D eigenvalue weighted by Crippen LogP contribution is 2.62. The number of hydrogen-bond donors (Lipinski definition) is 4. The third-order valence-electron chi connectivity index (χ3n) is 14.0. The number of urea groups is 1. The van der Waals surface area contributed by atoms with Gasteiger partial charge in [0, 0.05) is 85.3 Å². The number of halogens is 3. The second kappa shape index (κ2) is 15.7. The molecule has 0 bridgehead atoms. The molecule has 14 heteroatoms. The van der Waals surface area contributed by atoms with Crippen molar-refractivity contribution in [3.8, 4) is 0 Å². The Morgan fingerprint density at radius 2 is 1.57 bits per heavy atom. The van der Waals surface area contributed by atoms with E-state index in [0.29, 0.717) is 42.4 Å². The molecule has 0 radical (unpaired) electrons. The van der Waals surface area contributed by atoms with Crippen molar-refractivity contribution >= 4 is 64.0 Å². The van der Waals surface area contributed by atoms with Crippen LogP contribution in [0.4, 0.5) is 26.2 Å². The van der Waals surface area contributed by atoms with Crippen molar-refractivity contribution in [2.75, 3.05) is 54.4 Å². The Morgan fingerprint density at radius 1 is 0.845 bits per heavy atom. The summed E-state index contributed by atoms with van der Waals surface area (Å²) in [5.74, 6) is -1.60. The maximum absolute atomic E-state index is 16.3. The largest absolute Gasteiger partial charge is 0.369 e. The van der Waals surface area contributed by atoms with Gasteiger partial charge < -0.3 is 15.5 Å². The number of fused-ring (bicyclic) bond motifs is 3. The predicted octanol–water partition coefficient (Wildman–Crippen LogP) is 6.72. The second-order valence-corrected chi connectivity index (χ2v) is 18.0. The maximum atomic E-state index is 16.3. The molecule has 3 aromatic carbocycles. The van der Waals surface area contributed by atoms with Crippen LogP contribution in [-0.2, 0) is 19.8 Å². The van der Waals surface area contributed by atoms with Gasteiger partial charge in [0.05, 0.1) is 11.1 Å². The van der Waals surface area contributed by atoms with Crippen molar-refractivity contribution < 1.29 is 23.6 Å². The summed E-state index contributed by atoms with van der Waals surface area (Å²) in [7, 11) is 0. The molecule has 3 saturated heterocycles. The first-order chi connectivity index (χ1) is 28.1. The number of hydrogen-bond acceptors (Lipinski definition) is 7. The normalized spacial score (nSPS) is 28.4. The fourth-order valence-corrected chi connectivity index (χ4v) is 11.6. The molecule has 3 atom stereocenters.